The van der Waals surface area contributed by atoms with Crippen molar-refractivity contribution in [2.45, 2.75) is 33.6 Å². The summed E-state index contributed by atoms with van der Waals surface area (Å²) in [7, 11) is 1.64. The zero-order valence-corrected chi connectivity index (χ0v) is 15.3. The second-order valence-electron chi connectivity index (χ2n) is 6.50. The maximum atomic E-state index is 12.4. The predicted molar refractivity (Wildman–Crippen MR) is 103 cm³/mol. The molecule has 0 spiro atoms. The van der Waals surface area contributed by atoms with Crippen LogP contribution in [0.3, 0.4) is 0 Å². The molecule has 2 rings (SSSR count). The molecule has 0 fully saturated rings. The Hall–Kier alpha value is -2.69. The summed E-state index contributed by atoms with van der Waals surface area (Å²) in [6.07, 6.45) is 6.05. The first-order valence-corrected chi connectivity index (χ1v) is 8.34. The van der Waals surface area contributed by atoms with Crippen LogP contribution in [0.2, 0.25) is 0 Å². The second kappa shape index (κ2) is 7.92. The van der Waals surface area contributed by atoms with E-state index in [1.54, 1.807) is 25.2 Å². The number of rotatable bonds is 6. The van der Waals surface area contributed by atoms with Gasteiger partial charge in [0.05, 0.1) is 5.52 Å². The second-order valence-corrected chi connectivity index (χ2v) is 6.50. The van der Waals surface area contributed by atoms with Crippen molar-refractivity contribution in [3.8, 4) is 11.5 Å². The Labute approximate surface area is 148 Å². The molecule has 134 valence electrons. The molecule has 25 heavy (non-hydrogen) atoms. The molecule has 0 saturated carbocycles. The third-order valence-electron chi connectivity index (χ3n) is 4.10. The first-order chi connectivity index (χ1) is 11.8. The lowest BCUT2D eigenvalue weighted by atomic mass is 10.1. The minimum absolute atomic E-state index is 0.0341. The normalized spacial score (nSPS) is 11.6. The van der Waals surface area contributed by atoms with Gasteiger partial charge in [0.1, 0.15) is 6.61 Å². The van der Waals surface area contributed by atoms with Crippen LogP contribution in [0.25, 0.3) is 10.9 Å². The number of aromatic nitrogens is 1. The maximum absolute atomic E-state index is 12.4. The van der Waals surface area contributed by atoms with Crippen molar-refractivity contribution in [1.29, 1.82) is 0 Å². The Bertz CT molecular complexity index is 888. The van der Waals surface area contributed by atoms with Crippen LogP contribution in [0.15, 0.2) is 46.3 Å². The number of nitrogens with two attached hydrogens (primary N) is 1. The topological polar surface area (TPSA) is 77.5 Å². The number of aromatic hydroxyl groups is 1. The minimum Gasteiger partial charge on any atom is -0.504 e. The van der Waals surface area contributed by atoms with Gasteiger partial charge in [0.25, 0.3) is 5.56 Å². The summed E-state index contributed by atoms with van der Waals surface area (Å²) in [5.41, 5.74) is 8.97. The monoisotopic (exact) mass is 342 g/mol. The highest BCUT2D eigenvalue weighted by Crippen LogP contribution is 2.32. The lowest BCUT2D eigenvalue weighted by Crippen LogP contribution is -2.20. The number of pyridine rings is 1. The molecule has 1 heterocycles. The van der Waals surface area contributed by atoms with Crippen molar-refractivity contribution in [3.05, 3.63) is 51.9 Å². The van der Waals surface area contributed by atoms with Gasteiger partial charge in [-0.05, 0) is 57.9 Å². The van der Waals surface area contributed by atoms with Crippen LogP contribution in [0.5, 0.6) is 11.5 Å². The van der Waals surface area contributed by atoms with Crippen LogP contribution in [-0.4, -0.2) is 16.3 Å². The van der Waals surface area contributed by atoms with Crippen molar-refractivity contribution >= 4 is 16.6 Å². The molecular weight excluding hydrogens is 316 g/mol. The smallest absolute Gasteiger partial charge is 0.297 e. The molecule has 0 atom stereocenters. The fraction of sp³-hybridized carbons (Fsp3) is 0.350. The molecule has 1 aromatic heterocycles. The number of anilines is 1. The minimum atomic E-state index is -0.383. The fourth-order valence-corrected chi connectivity index (χ4v) is 2.60. The first-order valence-electron chi connectivity index (χ1n) is 8.34. The van der Waals surface area contributed by atoms with Gasteiger partial charge in [0, 0.05) is 18.1 Å². The van der Waals surface area contributed by atoms with Crippen molar-refractivity contribution in [1.82, 2.24) is 4.57 Å². The number of ether oxygens (including phenoxy) is 1. The summed E-state index contributed by atoms with van der Waals surface area (Å²) in [6, 6.07) is 5.03. The molecule has 2 aromatic rings. The van der Waals surface area contributed by atoms with Crippen LogP contribution in [0.4, 0.5) is 5.69 Å². The molecule has 3 N–H and O–H groups in total. The molecule has 5 heteroatoms. The van der Waals surface area contributed by atoms with Gasteiger partial charge in [-0.2, -0.15) is 0 Å². The summed E-state index contributed by atoms with van der Waals surface area (Å²) < 4.78 is 7.02. The summed E-state index contributed by atoms with van der Waals surface area (Å²) in [5, 5.41) is 10.9. The highest BCUT2D eigenvalue weighted by molar-refractivity contribution is 5.89. The van der Waals surface area contributed by atoms with Gasteiger partial charge in [-0.15, -0.1) is 0 Å². The average Bonchev–Trinajstić information content (AvgIpc) is 2.55. The lowest BCUT2D eigenvalue weighted by molar-refractivity contribution is 0.330. The van der Waals surface area contributed by atoms with E-state index in [1.807, 2.05) is 13.0 Å². The van der Waals surface area contributed by atoms with Crippen molar-refractivity contribution in [2.24, 2.45) is 7.05 Å². The van der Waals surface area contributed by atoms with E-state index in [2.05, 4.69) is 19.9 Å². The molecule has 0 aliphatic carbocycles. The highest BCUT2D eigenvalue weighted by Gasteiger charge is 2.15. The number of benzene rings is 1. The Morgan fingerprint density at radius 1 is 1.28 bits per heavy atom. The van der Waals surface area contributed by atoms with Crippen molar-refractivity contribution < 1.29 is 9.84 Å². The van der Waals surface area contributed by atoms with Gasteiger partial charge < -0.3 is 20.1 Å². The van der Waals surface area contributed by atoms with Gasteiger partial charge in [0.15, 0.2) is 5.75 Å². The lowest BCUT2D eigenvalue weighted by Gasteiger charge is -2.12. The SMILES string of the molecule is CC(C)=CCC/C(C)=C/COc1c(O)c2ccc(N)cc2n(C)c1=O. The predicted octanol–water partition coefficient (Wildman–Crippen LogP) is 3.90. The zero-order valence-electron chi connectivity index (χ0n) is 15.3. The number of allylic oxidation sites excluding steroid dienone is 3. The van der Waals surface area contributed by atoms with Crippen LogP contribution in [0, 0.1) is 0 Å². The number of hydrogen-bond acceptors (Lipinski definition) is 4. The number of nitrogens with zero attached hydrogens (tertiary/aromatic N) is 1. The van der Waals surface area contributed by atoms with E-state index < -0.39 is 0 Å². The van der Waals surface area contributed by atoms with E-state index in [9.17, 15) is 9.90 Å². The van der Waals surface area contributed by atoms with Gasteiger partial charge in [-0.25, -0.2) is 0 Å². The van der Waals surface area contributed by atoms with Crippen LogP contribution < -0.4 is 16.0 Å². The van der Waals surface area contributed by atoms with Crippen molar-refractivity contribution in [3.63, 3.8) is 0 Å². The average molecular weight is 342 g/mol. The van der Waals surface area contributed by atoms with Crippen LogP contribution >= 0.6 is 0 Å². The number of fused-ring (bicyclic) bond motifs is 1. The van der Waals surface area contributed by atoms with Crippen LogP contribution in [0.1, 0.15) is 33.6 Å². The molecule has 0 unspecified atom stereocenters. The quantitative estimate of drug-likeness (QED) is 0.616. The molecule has 0 aliphatic heterocycles. The maximum Gasteiger partial charge on any atom is 0.297 e. The Morgan fingerprint density at radius 2 is 2.00 bits per heavy atom. The molecule has 0 amide bonds. The van der Waals surface area contributed by atoms with Gasteiger partial charge in [0.2, 0.25) is 5.75 Å². The molecule has 5 nitrogen and oxygen atoms in total. The molecule has 0 bridgehead atoms. The fourth-order valence-electron chi connectivity index (χ4n) is 2.60. The third-order valence-corrected chi connectivity index (χ3v) is 4.10. The van der Waals surface area contributed by atoms with E-state index in [0.29, 0.717) is 16.6 Å². The highest BCUT2D eigenvalue weighted by atomic mass is 16.5. The molecule has 0 radical (unpaired) electrons. The summed E-state index contributed by atoms with van der Waals surface area (Å²) >= 11 is 0. The number of hydrogen-bond donors (Lipinski definition) is 2. The Balaban J connectivity index is 2.20. The molecule has 1 aromatic carbocycles. The summed E-state index contributed by atoms with van der Waals surface area (Å²) in [6.45, 7) is 6.43. The summed E-state index contributed by atoms with van der Waals surface area (Å²) in [5.74, 6) is -0.179. The van der Waals surface area contributed by atoms with Gasteiger partial charge in [-0.3, -0.25) is 4.79 Å². The zero-order chi connectivity index (χ0) is 18.6. The van der Waals surface area contributed by atoms with Crippen molar-refractivity contribution in [2.75, 3.05) is 12.3 Å². The Kier molecular flexibility index (Phi) is 5.91. The molecule has 0 aliphatic rings. The third kappa shape index (κ3) is 4.44. The van der Waals surface area contributed by atoms with E-state index in [0.717, 1.165) is 12.8 Å². The van der Waals surface area contributed by atoms with E-state index >= 15 is 0 Å². The summed E-state index contributed by atoms with van der Waals surface area (Å²) in [4.78, 5) is 12.4. The molecular formula is C20H26N2O3. The number of aryl methyl sites for hydroxylation is 1. The standard InChI is InChI=1S/C20H26N2O3/c1-13(2)6-5-7-14(3)10-11-25-19-18(23)16-9-8-15(21)12-17(16)22(4)20(19)24/h6,8-10,12,23H,5,7,11,21H2,1-4H3/b14-10+. The van der Waals surface area contributed by atoms with E-state index in [-0.39, 0.29) is 23.7 Å². The Morgan fingerprint density at radius 3 is 2.68 bits per heavy atom. The molecule has 0 saturated heterocycles. The van der Waals surface area contributed by atoms with Crippen LogP contribution in [-0.2, 0) is 7.05 Å². The number of nitrogen functional groups attached to an aromatic ring is 1. The largest absolute Gasteiger partial charge is 0.504 e. The van der Waals surface area contributed by atoms with E-state index in [4.69, 9.17) is 10.5 Å². The van der Waals surface area contributed by atoms with Gasteiger partial charge >= 0.3 is 0 Å². The van der Waals surface area contributed by atoms with E-state index in [1.165, 1.54) is 15.7 Å². The van der Waals surface area contributed by atoms with Gasteiger partial charge in [-0.1, -0.05) is 17.2 Å². The first kappa shape index (κ1) is 18.6.